The lowest BCUT2D eigenvalue weighted by Crippen LogP contribution is -2.40. The van der Waals surface area contributed by atoms with Crippen LogP contribution in [0.4, 0.5) is 5.82 Å². The molecule has 0 amide bonds. The fraction of sp³-hybridized carbons (Fsp3) is 0.455. The lowest BCUT2D eigenvalue weighted by atomic mass is 10.1. The number of unbranched alkanes of at least 4 members (excludes halogenated alkanes) is 1. The van der Waals surface area contributed by atoms with Crippen molar-refractivity contribution in [2.75, 3.05) is 53.3 Å². The molecule has 1 aromatic carbocycles. The van der Waals surface area contributed by atoms with Gasteiger partial charge in [-0.25, -0.2) is 4.98 Å². The monoisotopic (exact) mass is 527 g/mol. The third-order valence-corrected chi connectivity index (χ3v) is 4.61. The molecule has 2 N–H and O–H groups in total. The predicted molar refractivity (Wildman–Crippen MR) is 135 cm³/mol. The smallest absolute Gasteiger partial charge is 0.193 e. The Labute approximate surface area is 197 Å². The third-order valence-electron chi connectivity index (χ3n) is 4.61. The second kappa shape index (κ2) is 14.7. The van der Waals surface area contributed by atoms with Crippen LogP contribution in [0.3, 0.4) is 0 Å². The third kappa shape index (κ3) is 8.64. The van der Waals surface area contributed by atoms with E-state index in [4.69, 9.17) is 9.47 Å². The van der Waals surface area contributed by atoms with Crippen LogP contribution in [0.5, 0.6) is 11.5 Å². The van der Waals surface area contributed by atoms with Crippen LogP contribution < -0.4 is 20.1 Å². The molecule has 30 heavy (non-hydrogen) atoms. The number of halogens is 1. The minimum absolute atomic E-state index is 0. The summed E-state index contributed by atoms with van der Waals surface area (Å²) < 4.78 is 10.7. The number of hydrogen-bond acceptors (Lipinski definition) is 5. The first-order valence-corrected chi connectivity index (χ1v) is 9.95. The zero-order valence-corrected chi connectivity index (χ0v) is 20.7. The average Bonchev–Trinajstić information content (AvgIpc) is 2.77. The van der Waals surface area contributed by atoms with E-state index < -0.39 is 0 Å². The number of benzene rings is 1. The Morgan fingerprint density at radius 3 is 2.50 bits per heavy atom. The number of nitrogens with zero attached hydrogens (tertiary/aromatic N) is 3. The molecule has 0 bridgehead atoms. The number of ether oxygens (including phenoxy) is 2. The molecule has 0 radical (unpaired) electrons. The van der Waals surface area contributed by atoms with Crippen molar-refractivity contribution in [2.24, 2.45) is 4.99 Å². The molecule has 8 heteroatoms. The molecule has 0 aliphatic rings. The molecule has 2 aromatic rings. The van der Waals surface area contributed by atoms with Crippen LogP contribution in [0.2, 0.25) is 0 Å². The van der Waals surface area contributed by atoms with Crippen molar-refractivity contribution in [2.45, 2.75) is 19.3 Å². The fourth-order valence-electron chi connectivity index (χ4n) is 2.96. The Kier molecular flexibility index (Phi) is 12.6. The van der Waals surface area contributed by atoms with E-state index in [9.17, 15) is 0 Å². The first-order chi connectivity index (χ1) is 14.2. The maximum Gasteiger partial charge on any atom is 0.193 e. The Morgan fingerprint density at radius 1 is 1.07 bits per heavy atom. The molecule has 166 valence electrons. The highest BCUT2D eigenvalue weighted by Crippen LogP contribution is 2.27. The Balaban J connectivity index is 0.00000450. The number of hydrogen-bond donors (Lipinski definition) is 2. The summed E-state index contributed by atoms with van der Waals surface area (Å²) in [6, 6.07) is 11.9. The first kappa shape index (κ1) is 25.8. The largest absolute Gasteiger partial charge is 0.493 e. The van der Waals surface area contributed by atoms with E-state index in [0.717, 1.165) is 62.2 Å². The average molecular weight is 527 g/mol. The lowest BCUT2D eigenvalue weighted by Gasteiger charge is -2.22. The Bertz CT molecular complexity index is 758. The van der Waals surface area contributed by atoms with Crippen molar-refractivity contribution in [3.63, 3.8) is 0 Å². The molecule has 1 heterocycles. The van der Waals surface area contributed by atoms with E-state index in [0.29, 0.717) is 0 Å². The van der Waals surface area contributed by atoms with Gasteiger partial charge in [-0.1, -0.05) is 12.1 Å². The maximum atomic E-state index is 5.38. The minimum Gasteiger partial charge on any atom is -0.493 e. The molecule has 2 rings (SSSR count). The topological polar surface area (TPSA) is 71.0 Å². The van der Waals surface area contributed by atoms with Gasteiger partial charge in [0, 0.05) is 39.9 Å². The molecule has 0 spiro atoms. The van der Waals surface area contributed by atoms with Gasteiger partial charge in [-0.3, -0.25) is 4.99 Å². The summed E-state index contributed by atoms with van der Waals surface area (Å²) >= 11 is 0. The Hall–Kier alpha value is -2.23. The number of rotatable bonds is 11. The van der Waals surface area contributed by atoms with Crippen LogP contribution in [0.1, 0.15) is 18.4 Å². The molecule has 0 aliphatic carbocycles. The van der Waals surface area contributed by atoms with Crippen molar-refractivity contribution in [3.05, 3.63) is 48.2 Å². The van der Waals surface area contributed by atoms with Crippen LogP contribution in [0, 0.1) is 0 Å². The van der Waals surface area contributed by atoms with Crippen molar-refractivity contribution < 1.29 is 9.47 Å². The van der Waals surface area contributed by atoms with E-state index in [1.54, 1.807) is 20.4 Å². The molecule has 7 nitrogen and oxygen atoms in total. The molecule has 0 fully saturated rings. The number of pyridine rings is 1. The summed E-state index contributed by atoms with van der Waals surface area (Å²) in [5.41, 5.74) is 1.20. The molecule has 1 aromatic heterocycles. The van der Waals surface area contributed by atoms with E-state index in [1.165, 1.54) is 5.56 Å². The summed E-state index contributed by atoms with van der Waals surface area (Å²) in [5, 5.41) is 6.76. The van der Waals surface area contributed by atoms with E-state index in [2.05, 4.69) is 38.6 Å². The summed E-state index contributed by atoms with van der Waals surface area (Å²) in [4.78, 5) is 10.8. The molecular weight excluding hydrogens is 493 g/mol. The highest BCUT2D eigenvalue weighted by Gasteiger charge is 2.08. The van der Waals surface area contributed by atoms with E-state index in [-0.39, 0.29) is 24.0 Å². The number of aliphatic imine (C=N–C) groups is 1. The summed E-state index contributed by atoms with van der Waals surface area (Å²) in [6.45, 7) is 2.65. The maximum absolute atomic E-state index is 5.38. The van der Waals surface area contributed by atoms with Crippen molar-refractivity contribution in [1.82, 2.24) is 15.2 Å². The van der Waals surface area contributed by atoms with Crippen molar-refractivity contribution >= 4 is 35.8 Å². The van der Waals surface area contributed by atoms with Crippen molar-refractivity contribution in [3.8, 4) is 11.5 Å². The molecule has 0 saturated heterocycles. The van der Waals surface area contributed by atoms with Gasteiger partial charge in [-0.2, -0.15) is 0 Å². The van der Waals surface area contributed by atoms with Gasteiger partial charge in [-0.15, -0.1) is 24.0 Å². The quantitative estimate of drug-likeness (QED) is 0.201. The number of nitrogens with one attached hydrogen (secondary N) is 2. The summed E-state index contributed by atoms with van der Waals surface area (Å²) in [6.07, 6.45) is 4.82. The molecule has 0 saturated carbocycles. The second-order valence-electron chi connectivity index (χ2n) is 6.68. The van der Waals surface area contributed by atoms with Gasteiger partial charge in [-0.05, 0) is 49.1 Å². The molecular formula is C22H34IN5O2. The fourth-order valence-corrected chi connectivity index (χ4v) is 2.96. The van der Waals surface area contributed by atoms with Crippen LogP contribution in [0.25, 0.3) is 0 Å². The van der Waals surface area contributed by atoms with Crippen molar-refractivity contribution in [1.29, 1.82) is 0 Å². The van der Waals surface area contributed by atoms with E-state index in [1.807, 2.05) is 37.4 Å². The molecule has 0 unspecified atom stereocenters. The van der Waals surface area contributed by atoms with Gasteiger partial charge in [0.2, 0.25) is 0 Å². The normalized spacial score (nSPS) is 10.7. The Morgan fingerprint density at radius 2 is 1.83 bits per heavy atom. The number of aromatic nitrogens is 1. The summed E-state index contributed by atoms with van der Waals surface area (Å²) in [7, 11) is 7.18. The van der Waals surface area contributed by atoms with Gasteiger partial charge < -0.3 is 25.0 Å². The number of anilines is 1. The van der Waals surface area contributed by atoms with Crippen LogP contribution >= 0.6 is 24.0 Å². The van der Waals surface area contributed by atoms with Gasteiger partial charge in [0.25, 0.3) is 0 Å². The van der Waals surface area contributed by atoms with Crippen LogP contribution in [-0.4, -0.2) is 63.8 Å². The minimum atomic E-state index is 0. The zero-order valence-electron chi connectivity index (χ0n) is 18.4. The number of likely N-dealkylation sites (N-methyl/N-ethyl adjacent to an activating group) is 1. The lowest BCUT2D eigenvalue weighted by molar-refractivity contribution is 0.354. The highest BCUT2D eigenvalue weighted by molar-refractivity contribution is 14.0. The van der Waals surface area contributed by atoms with Gasteiger partial charge in [0.05, 0.1) is 14.2 Å². The van der Waals surface area contributed by atoms with Crippen LogP contribution in [0.15, 0.2) is 47.6 Å². The number of methoxy groups -OCH3 is 2. The van der Waals surface area contributed by atoms with E-state index >= 15 is 0 Å². The number of guanidine groups is 1. The SMILES string of the molecule is CN=C(NCCCCNc1ccccn1)N(C)CCc1ccc(OC)c(OC)c1.I. The van der Waals surface area contributed by atoms with Gasteiger partial charge in [0.15, 0.2) is 17.5 Å². The highest BCUT2D eigenvalue weighted by atomic mass is 127. The molecule has 0 atom stereocenters. The predicted octanol–water partition coefficient (Wildman–Crippen LogP) is 3.66. The first-order valence-electron chi connectivity index (χ1n) is 9.95. The standard InChI is InChI=1S/C22H33N5O2.HI/c1-23-22(26-15-8-7-14-25-21-9-5-6-13-24-21)27(2)16-12-18-10-11-19(28-3)20(17-18)29-4;/h5-6,9-11,13,17H,7-8,12,14-16H2,1-4H3,(H,23,26)(H,24,25);1H. The molecule has 0 aliphatic heterocycles. The zero-order chi connectivity index (χ0) is 20.9. The van der Waals surface area contributed by atoms with Gasteiger partial charge >= 0.3 is 0 Å². The van der Waals surface area contributed by atoms with Crippen LogP contribution in [-0.2, 0) is 6.42 Å². The summed E-state index contributed by atoms with van der Waals surface area (Å²) in [5.74, 6) is 3.34. The second-order valence-corrected chi connectivity index (χ2v) is 6.68. The van der Waals surface area contributed by atoms with Gasteiger partial charge in [0.1, 0.15) is 5.82 Å².